The van der Waals surface area contributed by atoms with Crippen molar-refractivity contribution in [2.45, 2.75) is 13.3 Å². The van der Waals surface area contributed by atoms with Gasteiger partial charge >= 0.3 is 0 Å². The summed E-state index contributed by atoms with van der Waals surface area (Å²) in [5.74, 6) is -0.249. The van der Waals surface area contributed by atoms with Crippen LogP contribution in [0.25, 0.3) is 0 Å². The number of halogens is 2. The van der Waals surface area contributed by atoms with E-state index in [0.717, 1.165) is 10.9 Å². The van der Waals surface area contributed by atoms with Gasteiger partial charge in [-0.25, -0.2) is 9.82 Å². The molecule has 6 heteroatoms. The molecule has 0 aromatic heterocycles. The minimum atomic E-state index is -0.427. The van der Waals surface area contributed by atoms with E-state index in [2.05, 4.69) is 33.4 Å². The Kier molecular flexibility index (Phi) is 6.29. The van der Waals surface area contributed by atoms with Crippen LogP contribution in [-0.4, -0.2) is 18.7 Å². The van der Waals surface area contributed by atoms with Crippen molar-refractivity contribution in [1.29, 1.82) is 0 Å². The van der Waals surface area contributed by atoms with Gasteiger partial charge in [-0.1, -0.05) is 31.2 Å². The molecule has 120 valence electrons. The minimum Gasteiger partial charge on any atom is -0.483 e. The highest BCUT2D eigenvalue weighted by molar-refractivity contribution is 9.10. The van der Waals surface area contributed by atoms with Crippen LogP contribution in [0.15, 0.2) is 52.0 Å². The first kappa shape index (κ1) is 17.1. The fourth-order valence-corrected chi connectivity index (χ4v) is 2.35. The van der Waals surface area contributed by atoms with Crippen LogP contribution < -0.4 is 10.2 Å². The molecule has 4 nitrogen and oxygen atoms in total. The van der Waals surface area contributed by atoms with E-state index >= 15 is 0 Å². The summed E-state index contributed by atoms with van der Waals surface area (Å²) < 4.78 is 19.6. The maximum Gasteiger partial charge on any atom is 0.277 e. The summed E-state index contributed by atoms with van der Waals surface area (Å²) in [6.45, 7) is 1.88. The fourth-order valence-electron chi connectivity index (χ4n) is 1.81. The van der Waals surface area contributed by atoms with Gasteiger partial charge in [0.25, 0.3) is 5.91 Å². The molecular formula is C17H16BrFN2O2. The highest BCUT2D eigenvalue weighted by atomic mass is 79.9. The van der Waals surface area contributed by atoms with Crippen molar-refractivity contribution >= 4 is 28.1 Å². The summed E-state index contributed by atoms with van der Waals surface area (Å²) in [5, 5.41) is 3.71. The Balaban J connectivity index is 1.85. The SMILES string of the molecule is CCc1ccc(OCC(=O)NN=Cc2ccccc2F)c(Br)c1. The maximum atomic E-state index is 13.4. The lowest BCUT2D eigenvalue weighted by Gasteiger charge is -2.08. The van der Waals surface area contributed by atoms with Crippen molar-refractivity contribution in [2.24, 2.45) is 5.10 Å². The van der Waals surface area contributed by atoms with Crippen molar-refractivity contribution in [2.75, 3.05) is 6.61 Å². The predicted octanol–water partition coefficient (Wildman–Crippen LogP) is 3.68. The van der Waals surface area contributed by atoms with E-state index in [1.807, 2.05) is 12.1 Å². The van der Waals surface area contributed by atoms with E-state index in [4.69, 9.17) is 4.74 Å². The Morgan fingerprint density at radius 1 is 1.35 bits per heavy atom. The summed E-state index contributed by atoms with van der Waals surface area (Å²) in [4.78, 5) is 11.7. The van der Waals surface area contributed by atoms with Gasteiger partial charge in [-0.15, -0.1) is 0 Å². The number of hydrogen-bond acceptors (Lipinski definition) is 3. The second-order valence-corrected chi connectivity index (χ2v) is 5.58. The molecule has 0 unspecified atom stereocenters. The van der Waals surface area contributed by atoms with Gasteiger partial charge in [-0.05, 0) is 46.1 Å². The van der Waals surface area contributed by atoms with Gasteiger partial charge in [0.1, 0.15) is 11.6 Å². The average molecular weight is 379 g/mol. The van der Waals surface area contributed by atoms with Gasteiger partial charge in [-0.2, -0.15) is 5.10 Å². The molecule has 0 saturated carbocycles. The number of ether oxygens (including phenoxy) is 1. The highest BCUT2D eigenvalue weighted by Crippen LogP contribution is 2.26. The molecule has 1 amide bonds. The van der Waals surface area contributed by atoms with E-state index in [0.29, 0.717) is 11.3 Å². The van der Waals surface area contributed by atoms with Crippen molar-refractivity contribution in [3.8, 4) is 5.75 Å². The fraction of sp³-hybridized carbons (Fsp3) is 0.176. The Bertz CT molecular complexity index is 719. The van der Waals surface area contributed by atoms with Gasteiger partial charge in [0.15, 0.2) is 6.61 Å². The molecule has 0 fully saturated rings. The molecule has 0 aliphatic carbocycles. The van der Waals surface area contributed by atoms with Gasteiger partial charge in [0, 0.05) is 5.56 Å². The first-order chi connectivity index (χ1) is 11.1. The second-order valence-electron chi connectivity index (χ2n) is 4.72. The van der Waals surface area contributed by atoms with Crippen LogP contribution in [0.2, 0.25) is 0 Å². The molecular weight excluding hydrogens is 363 g/mol. The molecule has 0 aliphatic rings. The van der Waals surface area contributed by atoms with Crippen LogP contribution in [0.4, 0.5) is 4.39 Å². The number of hydrazone groups is 1. The lowest BCUT2D eigenvalue weighted by molar-refractivity contribution is -0.123. The third kappa shape index (κ3) is 5.17. The summed E-state index contributed by atoms with van der Waals surface area (Å²) in [6.07, 6.45) is 2.17. The van der Waals surface area contributed by atoms with Crippen LogP contribution >= 0.6 is 15.9 Å². The average Bonchev–Trinajstić information content (AvgIpc) is 2.55. The second kappa shape index (κ2) is 8.43. The highest BCUT2D eigenvalue weighted by Gasteiger charge is 2.05. The molecule has 0 atom stereocenters. The third-order valence-corrected chi connectivity index (χ3v) is 3.68. The van der Waals surface area contributed by atoms with Crippen molar-refractivity contribution < 1.29 is 13.9 Å². The van der Waals surface area contributed by atoms with E-state index in [1.54, 1.807) is 24.3 Å². The van der Waals surface area contributed by atoms with Crippen molar-refractivity contribution in [3.05, 3.63) is 63.9 Å². The number of nitrogens with zero attached hydrogens (tertiary/aromatic N) is 1. The summed E-state index contributed by atoms with van der Waals surface area (Å²) in [5.41, 5.74) is 3.76. The minimum absolute atomic E-state index is 0.182. The molecule has 0 radical (unpaired) electrons. The van der Waals surface area contributed by atoms with Crippen LogP contribution in [0.3, 0.4) is 0 Å². The summed E-state index contributed by atoms with van der Waals surface area (Å²) in [7, 11) is 0. The number of aryl methyl sites for hydroxylation is 1. The van der Waals surface area contributed by atoms with Gasteiger partial charge in [0.05, 0.1) is 10.7 Å². The third-order valence-electron chi connectivity index (χ3n) is 3.06. The normalized spacial score (nSPS) is 10.7. The monoisotopic (exact) mass is 378 g/mol. The zero-order chi connectivity index (χ0) is 16.7. The van der Waals surface area contributed by atoms with E-state index < -0.39 is 11.7 Å². The molecule has 2 rings (SSSR count). The largest absolute Gasteiger partial charge is 0.483 e. The van der Waals surface area contributed by atoms with Gasteiger partial charge in [0.2, 0.25) is 0 Å². The lowest BCUT2D eigenvalue weighted by Crippen LogP contribution is -2.24. The zero-order valence-electron chi connectivity index (χ0n) is 12.6. The standard InChI is InChI=1S/C17H16BrFN2O2/c1-2-12-7-8-16(14(18)9-12)23-11-17(22)21-20-10-13-5-3-4-6-15(13)19/h3-10H,2,11H2,1H3,(H,21,22). The van der Waals surface area contributed by atoms with Crippen molar-refractivity contribution in [3.63, 3.8) is 0 Å². The number of amides is 1. The van der Waals surface area contributed by atoms with Crippen LogP contribution in [0, 0.1) is 5.82 Å². The first-order valence-electron chi connectivity index (χ1n) is 7.07. The molecule has 1 N–H and O–H groups in total. The molecule has 0 saturated heterocycles. The Morgan fingerprint density at radius 3 is 2.83 bits per heavy atom. The van der Waals surface area contributed by atoms with Crippen LogP contribution in [0.5, 0.6) is 5.75 Å². The van der Waals surface area contributed by atoms with E-state index in [-0.39, 0.29) is 6.61 Å². The number of nitrogens with one attached hydrogen (secondary N) is 1. The number of rotatable bonds is 6. The Hall–Kier alpha value is -2.21. The Labute approximate surface area is 142 Å². The van der Waals surface area contributed by atoms with Crippen LogP contribution in [0.1, 0.15) is 18.1 Å². The Morgan fingerprint density at radius 2 is 2.13 bits per heavy atom. The lowest BCUT2D eigenvalue weighted by atomic mass is 10.2. The molecule has 0 heterocycles. The van der Waals surface area contributed by atoms with Crippen molar-refractivity contribution in [1.82, 2.24) is 5.43 Å². The van der Waals surface area contributed by atoms with Gasteiger partial charge in [-0.3, -0.25) is 4.79 Å². The molecule has 0 bridgehead atoms. The first-order valence-corrected chi connectivity index (χ1v) is 7.87. The molecule has 2 aromatic carbocycles. The summed E-state index contributed by atoms with van der Waals surface area (Å²) >= 11 is 3.40. The van der Waals surface area contributed by atoms with Crippen LogP contribution in [-0.2, 0) is 11.2 Å². The van der Waals surface area contributed by atoms with E-state index in [1.165, 1.54) is 17.8 Å². The molecule has 23 heavy (non-hydrogen) atoms. The molecule has 2 aromatic rings. The molecule has 0 spiro atoms. The van der Waals surface area contributed by atoms with Gasteiger partial charge < -0.3 is 4.74 Å². The number of hydrogen-bond donors (Lipinski definition) is 1. The van der Waals surface area contributed by atoms with E-state index in [9.17, 15) is 9.18 Å². The predicted molar refractivity (Wildman–Crippen MR) is 91.2 cm³/mol. The number of carbonyl (C=O) groups excluding carboxylic acids is 1. The topological polar surface area (TPSA) is 50.7 Å². The smallest absolute Gasteiger partial charge is 0.277 e. The summed E-state index contributed by atoms with van der Waals surface area (Å²) in [6, 6.07) is 11.8. The number of benzene rings is 2. The quantitative estimate of drug-likeness (QED) is 0.615. The zero-order valence-corrected chi connectivity index (χ0v) is 14.1. The number of carbonyl (C=O) groups is 1. The maximum absolute atomic E-state index is 13.4. The molecule has 0 aliphatic heterocycles.